The van der Waals surface area contributed by atoms with E-state index in [0.717, 1.165) is 25.9 Å². The molecule has 0 radical (unpaired) electrons. The van der Waals surface area contributed by atoms with Gasteiger partial charge in [0.2, 0.25) is 5.91 Å². The molecule has 0 saturated carbocycles. The van der Waals surface area contributed by atoms with Gasteiger partial charge < -0.3 is 11.5 Å². The van der Waals surface area contributed by atoms with E-state index in [0.29, 0.717) is 6.54 Å². The van der Waals surface area contributed by atoms with Crippen LogP contribution in [0.15, 0.2) is 24.3 Å². The van der Waals surface area contributed by atoms with E-state index in [2.05, 4.69) is 36.1 Å². The number of carbonyl (C=O) groups excluding carboxylic acids is 1. The summed E-state index contributed by atoms with van der Waals surface area (Å²) in [4.78, 5) is 13.6. The molecule has 0 bridgehead atoms. The maximum atomic E-state index is 11.2. The van der Waals surface area contributed by atoms with Gasteiger partial charge in [-0.05, 0) is 38.4 Å². The minimum absolute atomic E-state index is 0.0344. The number of piperidine rings is 1. The van der Waals surface area contributed by atoms with Gasteiger partial charge in [-0.1, -0.05) is 29.8 Å². The molecule has 2 rings (SSSR count). The Bertz CT molecular complexity index is 439. The van der Waals surface area contributed by atoms with Crippen molar-refractivity contribution in [3.05, 3.63) is 35.4 Å². The predicted octanol–water partition coefficient (Wildman–Crippen LogP) is 1.19. The number of hydrogen-bond donors (Lipinski definition) is 2. The van der Waals surface area contributed by atoms with Gasteiger partial charge in [-0.15, -0.1) is 0 Å². The lowest BCUT2D eigenvalue weighted by atomic mass is 9.93. The van der Waals surface area contributed by atoms with Crippen LogP contribution in [0.3, 0.4) is 0 Å². The van der Waals surface area contributed by atoms with Crippen molar-refractivity contribution in [3.63, 3.8) is 0 Å². The van der Waals surface area contributed by atoms with Gasteiger partial charge in [-0.25, -0.2) is 0 Å². The highest BCUT2D eigenvalue weighted by Crippen LogP contribution is 2.26. The predicted molar refractivity (Wildman–Crippen MR) is 76.5 cm³/mol. The van der Waals surface area contributed by atoms with Crippen LogP contribution in [-0.2, 0) is 4.79 Å². The fourth-order valence-electron chi connectivity index (χ4n) is 2.87. The molecule has 1 aromatic rings. The Labute approximate surface area is 114 Å². The summed E-state index contributed by atoms with van der Waals surface area (Å²) in [6, 6.07) is 8.73. The second kappa shape index (κ2) is 6.17. The van der Waals surface area contributed by atoms with E-state index >= 15 is 0 Å². The van der Waals surface area contributed by atoms with E-state index in [1.165, 1.54) is 11.1 Å². The van der Waals surface area contributed by atoms with E-state index < -0.39 is 0 Å². The zero-order valence-electron chi connectivity index (χ0n) is 11.5. The quantitative estimate of drug-likeness (QED) is 0.855. The number of rotatable bonds is 4. The first kappa shape index (κ1) is 14.0. The molecule has 104 valence electrons. The molecule has 1 unspecified atom stereocenters. The summed E-state index contributed by atoms with van der Waals surface area (Å²) in [6.07, 6.45) is 1.69. The summed E-state index contributed by atoms with van der Waals surface area (Å²) in [5, 5.41) is 0. The van der Waals surface area contributed by atoms with Crippen LogP contribution in [0.1, 0.15) is 30.0 Å². The highest BCUT2D eigenvalue weighted by atomic mass is 16.1. The molecule has 1 saturated heterocycles. The fourth-order valence-corrected chi connectivity index (χ4v) is 2.87. The highest BCUT2D eigenvalue weighted by Gasteiger charge is 2.27. The third-order valence-corrected chi connectivity index (χ3v) is 4.02. The van der Waals surface area contributed by atoms with E-state index in [1.54, 1.807) is 0 Å². The highest BCUT2D eigenvalue weighted by molar-refractivity contribution is 5.76. The molecule has 1 fully saturated rings. The molecule has 19 heavy (non-hydrogen) atoms. The first-order valence-corrected chi connectivity index (χ1v) is 6.92. The number of hydrogen-bond acceptors (Lipinski definition) is 3. The first-order valence-electron chi connectivity index (χ1n) is 6.92. The monoisotopic (exact) mass is 261 g/mol. The van der Waals surface area contributed by atoms with E-state index in [-0.39, 0.29) is 17.9 Å². The number of benzene rings is 1. The van der Waals surface area contributed by atoms with Gasteiger partial charge >= 0.3 is 0 Å². The Hall–Kier alpha value is -1.39. The average Bonchev–Trinajstić information content (AvgIpc) is 2.40. The molecule has 1 aliphatic rings. The Kier molecular flexibility index (Phi) is 4.56. The number of carbonyl (C=O) groups is 1. The summed E-state index contributed by atoms with van der Waals surface area (Å²) in [5.41, 5.74) is 13.8. The first-order chi connectivity index (χ1) is 9.11. The van der Waals surface area contributed by atoms with Gasteiger partial charge in [0, 0.05) is 18.5 Å². The van der Waals surface area contributed by atoms with Crippen molar-refractivity contribution in [3.8, 4) is 0 Å². The summed E-state index contributed by atoms with van der Waals surface area (Å²) in [5.74, 6) is -0.133. The van der Waals surface area contributed by atoms with Crippen molar-refractivity contribution >= 4 is 5.91 Å². The fraction of sp³-hybridized carbons (Fsp3) is 0.533. The van der Waals surface area contributed by atoms with Crippen LogP contribution in [0.25, 0.3) is 0 Å². The molecule has 0 aromatic heterocycles. The lowest BCUT2D eigenvalue weighted by molar-refractivity contribution is -0.123. The molecule has 4 nitrogen and oxygen atoms in total. The summed E-state index contributed by atoms with van der Waals surface area (Å²) >= 11 is 0. The summed E-state index contributed by atoms with van der Waals surface area (Å²) in [7, 11) is 0. The smallest absolute Gasteiger partial charge is 0.220 e. The van der Waals surface area contributed by atoms with Crippen LogP contribution in [0.5, 0.6) is 0 Å². The zero-order chi connectivity index (χ0) is 13.8. The van der Waals surface area contributed by atoms with Gasteiger partial charge in [0.15, 0.2) is 0 Å². The lowest BCUT2D eigenvalue weighted by Crippen LogP contribution is -2.42. The van der Waals surface area contributed by atoms with Crippen LogP contribution >= 0.6 is 0 Å². The van der Waals surface area contributed by atoms with Crippen LogP contribution < -0.4 is 11.5 Å². The Morgan fingerprint density at radius 1 is 1.42 bits per heavy atom. The molecule has 1 aliphatic heterocycles. The number of amides is 1. The number of likely N-dealkylation sites (tertiary alicyclic amines) is 1. The number of nitrogens with zero attached hydrogens (tertiary/aromatic N) is 1. The third kappa shape index (κ3) is 3.33. The van der Waals surface area contributed by atoms with Crippen molar-refractivity contribution < 1.29 is 4.79 Å². The maximum Gasteiger partial charge on any atom is 0.220 e. The molecule has 0 aliphatic carbocycles. The molecule has 1 aromatic carbocycles. The number of primary amides is 1. The molecule has 4 heteroatoms. The normalized spacial score (nSPS) is 19.3. The molecule has 0 spiro atoms. The average molecular weight is 261 g/mol. The van der Waals surface area contributed by atoms with Gasteiger partial charge in [0.1, 0.15) is 0 Å². The maximum absolute atomic E-state index is 11.2. The minimum Gasteiger partial charge on any atom is -0.369 e. The minimum atomic E-state index is -0.167. The second-order valence-corrected chi connectivity index (χ2v) is 5.38. The van der Waals surface area contributed by atoms with E-state index in [4.69, 9.17) is 11.5 Å². The van der Waals surface area contributed by atoms with Crippen LogP contribution in [-0.4, -0.2) is 30.4 Å². The molecular formula is C15H23N3O. The standard InChI is InChI=1S/C15H23N3O/c1-11-3-2-4-13(9-11)14(10-16)18-7-5-12(6-8-18)15(17)19/h2-4,9,12,14H,5-8,10,16H2,1H3,(H2,17,19). The van der Waals surface area contributed by atoms with E-state index in [1.807, 2.05) is 0 Å². The lowest BCUT2D eigenvalue weighted by Gasteiger charge is -2.36. The Morgan fingerprint density at radius 2 is 2.11 bits per heavy atom. The van der Waals surface area contributed by atoms with Crippen LogP contribution in [0, 0.1) is 12.8 Å². The second-order valence-electron chi connectivity index (χ2n) is 5.38. The SMILES string of the molecule is Cc1cccc(C(CN)N2CCC(C(N)=O)CC2)c1. The van der Waals surface area contributed by atoms with Gasteiger partial charge in [0.25, 0.3) is 0 Å². The van der Waals surface area contributed by atoms with Crippen molar-refractivity contribution in [1.82, 2.24) is 4.90 Å². The summed E-state index contributed by atoms with van der Waals surface area (Å²) < 4.78 is 0. The Morgan fingerprint density at radius 3 is 2.63 bits per heavy atom. The van der Waals surface area contributed by atoms with Crippen molar-refractivity contribution in [1.29, 1.82) is 0 Å². The Balaban J connectivity index is 2.05. The largest absolute Gasteiger partial charge is 0.369 e. The van der Waals surface area contributed by atoms with Gasteiger partial charge in [-0.2, -0.15) is 0 Å². The molecule has 1 amide bonds. The third-order valence-electron chi connectivity index (χ3n) is 4.02. The molecule has 4 N–H and O–H groups in total. The van der Waals surface area contributed by atoms with Gasteiger partial charge in [0.05, 0.1) is 0 Å². The molecule has 1 heterocycles. The van der Waals surface area contributed by atoms with E-state index in [9.17, 15) is 4.79 Å². The topological polar surface area (TPSA) is 72.3 Å². The number of nitrogens with two attached hydrogens (primary N) is 2. The van der Waals surface area contributed by atoms with Gasteiger partial charge in [-0.3, -0.25) is 9.69 Å². The number of aryl methyl sites for hydroxylation is 1. The van der Waals surface area contributed by atoms with Crippen molar-refractivity contribution in [2.45, 2.75) is 25.8 Å². The molecular weight excluding hydrogens is 238 g/mol. The van der Waals surface area contributed by atoms with Crippen LogP contribution in [0.4, 0.5) is 0 Å². The molecule has 1 atom stereocenters. The zero-order valence-corrected chi connectivity index (χ0v) is 11.5. The van der Waals surface area contributed by atoms with Crippen LogP contribution in [0.2, 0.25) is 0 Å². The summed E-state index contributed by atoms with van der Waals surface area (Å²) in [6.45, 7) is 4.48. The van der Waals surface area contributed by atoms with Crippen molar-refractivity contribution in [2.75, 3.05) is 19.6 Å². The van der Waals surface area contributed by atoms with Crippen molar-refractivity contribution in [2.24, 2.45) is 17.4 Å².